The van der Waals surface area contributed by atoms with Crippen molar-refractivity contribution in [3.63, 3.8) is 0 Å². The van der Waals surface area contributed by atoms with Crippen LogP contribution in [0.4, 0.5) is 0 Å². The van der Waals surface area contributed by atoms with E-state index in [1.165, 1.54) is 6.42 Å². The van der Waals surface area contributed by atoms with E-state index in [1.807, 2.05) is 36.4 Å². The fraction of sp³-hybridized carbons (Fsp3) is 0.550. The van der Waals surface area contributed by atoms with Crippen LogP contribution in [0.5, 0.6) is 0 Å². The van der Waals surface area contributed by atoms with E-state index in [0.29, 0.717) is 17.9 Å². The first-order valence-corrected chi connectivity index (χ1v) is 8.83. The van der Waals surface area contributed by atoms with Gasteiger partial charge in [-0.15, -0.1) is 24.8 Å². The van der Waals surface area contributed by atoms with Gasteiger partial charge in [-0.1, -0.05) is 30.3 Å². The lowest BCUT2D eigenvalue weighted by atomic mass is 9.72. The quantitative estimate of drug-likeness (QED) is 0.572. The maximum Gasteiger partial charge on any atom is 0.331 e. The maximum atomic E-state index is 12.3. The van der Waals surface area contributed by atoms with E-state index in [-0.39, 0.29) is 36.9 Å². The lowest BCUT2D eigenvalue weighted by Gasteiger charge is -2.50. The number of halogens is 2. The number of ether oxygens (including phenoxy) is 1. The summed E-state index contributed by atoms with van der Waals surface area (Å²) in [5.41, 5.74) is 1.02. The van der Waals surface area contributed by atoms with Crippen molar-refractivity contribution >= 4 is 36.9 Å². The first-order valence-electron chi connectivity index (χ1n) is 8.83. The highest BCUT2D eigenvalue weighted by Crippen LogP contribution is 2.38. The molecule has 1 aromatic carbocycles. The van der Waals surface area contributed by atoms with Crippen LogP contribution in [-0.2, 0) is 9.53 Å². The van der Waals surface area contributed by atoms with Crippen molar-refractivity contribution in [1.82, 2.24) is 9.80 Å². The number of hydrogen-bond donors (Lipinski definition) is 0. The largest absolute Gasteiger partial charge is 0.458 e. The lowest BCUT2D eigenvalue weighted by Crippen LogP contribution is -2.59. The normalized spacial score (nSPS) is 28.3. The number of rotatable bonds is 4. The van der Waals surface area contributed by atoms with Gasteiger partial charge in [0, 0.05) is 37.0 Å². The van der Waals surface area contributed by atoms with Crippen LogP contribution in [0.2, 0.25) is 0 Å². The van der Waals surface area contributed by atoms with Crippen LogP contribution in [0.15, 0.2) is 36.4 Å². The molecule has 4 unspecified atom stereocenters. The Morgan fingerprint density at radius 2 is 1.85 bits per heavy atom. The third kappa shape index (κ3) is 5.46. The van der Waals surface area contributed by atoms with Gasteiger partial charge in [0.05, 0.1) is 0 Å². The van der Waals surface area contributed by atoms with Gasteiger partial charge in [0.2, 0.25) is 0 Å². The van der Waals surface area contributed by atoms with Crippen LogP contribution in [0.1, 0.15) is 18.4 Å². The summed E-state index contributed by atoms with van der Waals surface area (Å²) in [6.07, 6.45) is 5.76. The molecule has 2 aliphatic rings. The van der Waals surface area contributed by atoms with Gasteiger partial charge >= 0.3 is 5.97 Å². The molecule has 146 valence electrons. The van der Waals surface area contributed by atoms with Crippen molar-refractivity contribution in [1.29, 1.82) is 0 Å². The minimum Gasteiger partial charge on any atom is -0.458 e. The molecule has 2 bridgehead atoms. The van der Waals surface area contributed by atoms with Crippen molar-refractivity contribution in [2.24, 2.45) is 11.8 Å². The van der Waals surface area contributed by atoms with Gasteiger partial charge in [-0.05, 0) is 45.6 Å². The molecule has 0 spiro atoms. The van der Waals surface area contributed by atoms with Gasteiger partial charge in [-0.2, -0.15) is 0 Å². The zero-order chi connectivity index (χ0) is 17.1. The fourth-order valence-corrected chi connectivity index (χ4v) is 4.31. The smallest absolute Gasteiger partial charge is 0.331 e. The van der Waals surface area contributed by atoms with Gasteiger partial charge in [-0.3, -0.25) is 0 Å². The van der Waals surface area contributed by atoms with Crippen molar-refractivity contribution in [2.45, 2.75) is 25.0 Å². The minimum atomic E-state index is -0.220. The number of nitrogens with zero attached hydrogens (tertiary/aromatic N) is 2. The number of piperidine rings is 1. The first kappa shape index (κ1) is 23.0. The molecule has 1 saturated carbocycles. The van der Waals surface area contributed by atoms with Crippen LogP contribution in [0.25, 0.3) is 6.08 Å². The van der Waals surface area contributed by atoms with E-state index in [9.17, 15) is 4.79 Å². The number of carbonyl (C=O) groups excluding carboxylic acids is 1. The Hall–Kier alpha value is -1.07. The first-order chi connectivity index (χ1) is 11.5. The van der Waals surface area contributed by atoms with Crippen molar-refractivity contribution in [3.05, 3.63) is 42.0 Å². The summed E-state index contributed by atoms with van der Waals surface area (Å²) in [7, 11) is 6.44. The average Bonchev–Trinajstić information content (AvgIpc) is 2.54. The Bertz CT molecular complexity index is 595. The Kier molecular flexibility index (Phi) is 9.11. The monoisotopic (exact) mass is 400 g/mol. The molecule has 0 aromatic heterocycles. The summed E-state index contributed by atoms with van der Waals surface area (Å²) in [6, 6.07) is 10.4. The zero-order valence-corrected chi connectivity index (χ0v) is 17.3. The third-order valence-electron chi connectivity index (χ3n) is 5.41. The molecule has 1 saturated heterocycles. The number of hydrogen-bond acceptors (Lipinski definition) is 4. The molecule has 26 heavy (non-hydrogen) atoms. The molecule has 6 heteroatoms. The number of esters is 1. The molecule has 4 atom stereocenters. The average molecular weight is 401 g/mol. The highest BCUT2D eigenvalue weighted by molar-refractivity contribution is 5.87. The molecule has 4 nitrogen and oxygen atoms in total. The topological polar surface area (TPSA) is 32.8 Å². The standard InChI is InChI=1S/C20H28N2O2.2ClH/c1-21(2)18-11-10-16-13-22(3)14-17(18)20(16)24-19(23)12-9-15-7-5-4-6-8-15;;/h4-9,12,16-18,20H,10-11,13-14H2,1-3H3;2*1H/b12-9+;;. The number of fused-ring (bicyclic) bond motifs is 2. The highest BCUT2D eigenvalue weighted by Gasteiger charge is 2.46. The van der Waals surface area contributed by atoms with Gasteiger partial charge < -0.3 is 14.5 Å². The van der Waals surface area contributed by atoms with Crippen LogP contribution in [-0.4, -0.2) is 62.1 Å². The van der Waals surface area contributed by atoms with Crippen LogP contribution in [0.3, 0.4) is 0 Å². The predicted octanol–water partition coefficient (Wildman–Crippen LogP) is 3.36. The maximum absolute atomic E-state index is 12.3. The molecule has 0 amide bonds. The zero-order valence-electron chi connectivity index (χ0n) is 15.7. The molecule has 1 aliphatic heterocycles. The van der Waals surface area contributed by atoms with Crippen molar-refractivity contribution < 1.29 is 9.53 Å². The van der Waals surface area contributed by atoms with Crippen LogP contribution in [0, 0.1) is 11.8 Å². The van der Waals surface area contributed by atoms with E-state index in [0.717, 1.165) is 25.1 Å². The SMILES string of the molecule is CN1CC2CCC(N(C)C)C(C1)C2OC(=O)/C=C/c1ccccc1.Cl.Cl. The second kappa shape index (κ2) is 10.3. The Morgan fingerprint density at radius 1 is 1.15 bits per heavy atom. The summed E-state index contributed by atoms with van der Waals surface area (Å²) in [4.78, 5) is 17.0. The minimum absolute atomic E-state index is 0. The highest BCUT2D eigenvalue weighted by atomic mass is 35.5. The summed E-state index contributed by atoms with van der Waals surface area (Å²) in [5.74, 6) is 0.633. The number of carbonyl (C=O) groups is 1. The van der Waals surface area contributed by atoms with Crippen molar-refractivity contribution in [3.8, 4) is 0 Å². The van der Waals surface area contributed by atoms with Gasteiger partial charge in [0.15, 0.2) is 0 Å². The van der Waals surface area contributed by atoms with Crippen molar-refractivity contribution in [2.75, 3.05) is 34.2 Å². The molecule has 1 aromatic rings. The van der Waals surface area contributed by atoms with Gasteiger partial charge in [-0.25, -0.2) is 4.79 Å². The molecule has 0 N–H and O–H groups in total. The van der Waals surface area contributed by atoms with E-state index in [1.54, 1.807) is 6.08 Å². The van der Waals surface area contributed by atoms with E-state index >= 15 is 0 Å². The molecular weight excluding hydrogens is 371 g/mol. The Morgan fingerprint density at radius 3 is 2.50 bits per heavy atom. The second-order valence-corrected chi connectivity index (χ2v) is 7.40. The van der Waals surface area contributed by atoms with Crippen LogP contribution >= 0.6 is 24.8 Å². The molecule has 1 aliphatic carbocycles. The summed E-state index contributed by atoms with van der Waals surface area (Å²) in [5, 5.41) is 0. The summed E-state index contributed by atoms with van der Waals surface area (Å²) < 4.78 is 5.93. The predicted molar refractivity (Wildman–Crippen MR) is 111 cm³/mol. The number of benzene rings is 1. The summed E-state index contributed by atoms with van der Waals surface area (Å²) >= 11 is 0. The third-order valence-corrected chi connectivity index (χ3v) is 5.41. The molecule has 0 radical (unpaired) electrons. The fourth-order valence-electron chi connectivity index (χ4n) is 4.31. The van der Waals surface area contributed by atoms with E-state index in [4.69, 9.17) is 4.74 Å². The molecule has 3 rings (SSSR count). The molecule has 2 fully saturated rings. The van der Waals surface area contributed by atoms with Gasteiger partial charge in [0.1, 0.15) is 6.10 Å². The van der Waals surface area contributed by atoms with Gasteiger partial charge in [0.25, 0.3) is 0 Å². The Balaban J connectivity index is 0.00000169. The number of likely N-dealkylation sites (tertiary alicyclic amines) is 1. The van der Waals surface area contributed by atoms with Crippen LogP contribution < -0.4 is 0 Å². The summed E-state index contributed by atoms with van der Waals surface area (Å²) in [6.45, 7) is 2.02. The van der Waals surface area contributed by atoms with E-state index in [2.05, 4.69) is 30.9 Å². The Labute approximate surface area is 169 Å². The lowest BCUT2D eigenvalue weighted by molar-refractivity contribution is -0.161. The molecule has 1 heterocycles. The second-order valence-electron chi connectivity index (χ2n) is 7.40. The molecular formula is C20H30Cl2N2O2. The van der Waals surface area contributed by atoms with E-state index < -0.39 is 0 Å².